The fraction of sp³-hybridized carbons (Fsp3) is 0.389. The van der Waals surface area contributed by atoms with Crippen molar-refractivity contribution in [1.29, 1.82) is 0 Å². The number of thiophene rings is 1. The van der Waals surface area contributed by atoms with Gasteiger partial charge in [0.05, 0.1) is 10.3 Å². The number of carbonyl (C=O) groups excluding carboxylic acids is 1. The largest absolute Gasteiger partial charge is 0.375 e. The van der Waals surface area contributed by atoms with Gasteiger partial charge in [-0.05, 0) is 53.7 Å². The van der Waals surface area contributed by atoms with E-state index in [-0.39, 0.29) is 5.91 Å². The molecule has 1 N–H and O–H groups in total. The van der Waals surface area contributed by atoms with Crippen LogP contribution in [0.1, 0.15) is 11.3 Å². The lowest BCUT2D eigenvalue weighted by atomic mass is 10.3. The Morgan fingerprint density at radius 3 is 2.58 bits per heavy atom. The molecule has 0 saturated carbocycles. The highest BCUT2D eigenvalue weighted by atomic mass is 79.9. The normalized spacial score (nSPS) is 10.8. The Morgan fingerprint density at radius 2 is 1.92 bits per heavy atom. The second-order valence-electron chi connectivity index (χ2n) is 5.84. The zero-order valence-electron chi connectivity index (χ0n) is 14.2. The molecule has 130 valence electrons. The van der Waals surface area contributed by atoms with Gasteiger partial charge < -0.3 is 10.2 Å². The van der Waals surface area contributed by atoms with Crippen LogP contribution in [0.4, 0.5) is 5.69 Å². The molecule has 24 heavy (non-hydrogen) atoms. The zero-order chi connectivity index (χ0) is 17.4. The van der Waals surface area contributed by atoms with Crippen molar-refractivity contribution in [2.24, 2.45) is 0 Å². The molecule has 0 bridgehead atoms. The maximum absolute atomic E-state index is 12.0. The lowest BCUT2D eigenvalue weighted by Crippen LogP contribution is -2.36. The first kappa shape index (κ1) is 19.0. The average Bonchev–Trinajstić information content (AvgIpc) is 2.96. The van der Waals surface area contributed by atoms with Gasteiger partial charge in [-0.1, -0.05) is 18.2 Å². The van der Waals surface area contributed by atoms with Gasteiger partial charge in [0.1, 0.15) is 0 Å². The lowest BCUT2D eigenvalue weighted by molar-refractivity contribution is -0.122. The first-order valence-corrected chi connectivity index (χ1v) is 9.61. The first-order valence-electron chi connectivity index (χ1n) is 8.00. The maximum atomic E-state index is 12.0. The number of benzene rings is 1. The third-order valence-electron chi connectivity index (χ3n) is 3.66. The monoisotopic (exact) mass is 409 g/mol. The summed E-state index contributed by atoms with van der Waals surface area (Å²) in [6.07, 6.45) is 0.929. The number of amides is 1. The smallest absolute Gasteiger partial charge is 0.234 e. The summed E-state index contributed by atoms with van der Waals surface area (Å²) in [4.78, 5) is 17.5. The van der Waals surface area contributed by atoms with E-state index in [0.29, 0.717) is 13.1 Å². The van der Waals surface area contributed by atoms with Crippen molar-refractivity contribution in [2.45, 2.75) is 13.0 Å². The molecule has 0 aliphatic carbocycles. The Morgan fingerprint density at radius 1 is 1.17 bits per heavy atom. The number of nitrogens with zero attached hydrogens (tertiary/aromatic N) is 2. The van der Waals surface area contributed by atoms with E-state index >= 15 is 0 Å². The lowest BCUT2D eigenvalue weighted by Gasteiger charge is -2.19. The number of nitrogens with one attached hydrogen (secondary N) is 1. The highest BCUT2D eigenvalue weighted by Crippen LogP contribution is 2.22. The van der Waals surface area contributed by atoms with Crippen LogP contribution in [-0.4, -0.2) is 44.5 Å². The molecular formula is C18H24BrN3OS. The van der Waals surface area contributed by atoms with Gasteiger partial charge in [0.2, 0.25) is 5.91 Å². The second-order valence-corrected chi connectivity index (χ2v) is 8.39. The van der Waals surface area contributed by atoms with Gasteiger partial charge >= 0.3 is 0 Å². The quantitative estimate of drug-likeness (QED) is 0.642. The molecular weight excluding hydrogens is 386 g/mol. The van der Waals surface area contributed by atoms with Crippen molar-refractivity contribution in [3.05, 3.63) is 51.1 Å². The van der Waals surface area contributed by atoms with E-state index in [2.05, 4.69) is 51.4 Å². The predicted octanol–water partition coefficient (Wildman–Crippen LogP) is 3.59. The molecule has 2 rings (SSSR count). The molecule has 0 aliphatic rings. The molecule has 6 heteroatoms. The number of rotatable bonds is 9. The van der Waals surface area contributed by atoms with Crippen LogP contribution in [0.5, 0.6) is 0 Å². The van der Waals surface area contributed by atoms with Crippen molar-refractivity contribution < 1.29 is 4.79 Å². The van der Waals surface area contributed by atoms with Gasteiger partial charge in [-0.25, -0.2) is 0 Å². The molecule has 1 amide bonds. The number of halogens is 1. The van der Waals surface area contributed by atoms with Crippen molar-refractivity contribution in [1.82, 2.24) is 10.2 Å². The third kappa shape index (κ3) is 6.63. The standard InChI is InChI=1S/C18H24BrN3OS/c1-21(13-16-9-10-17(19)24-16)14-18(23)20-11-6-12-22(2)15-7-4-3-5-8-15/h3-5,7-10H,6,11-14H2,1-2H3,(H,20,23). The zero-order valence-corrected chi connectivity index (χ0v) is 16.6. The summed E-state index contributed by atoms with van der Waals surface area (Å²) in [5.41, 5.74) is 1.20. The van der Waals surface area contributed by atoms with Gasteiger partial charge in [0.15, 0.2) is 0 Å². The molecule has 0 atom stereocenters. The minimum Gasteiger partial charge on any atom is -0.375 e. The molecule has 0 radical (unpaired) electrons. The van der Waals surface area contributed by atoms with E-state index < -0.39 is 0 Å². The summed E-state index contributed by atoms with van der Waals surface area (Å²) in [5.74, 6) is 0.0792. The van der Waals surface area contributed by atoms with Crippen LogP contribution >= 0.6 is 27.3 Å². The van der Waals surface area contributed by atoms with Crippen LogP contribution in [0.3, 0.4) is 0 Å². The number of para-hydroxylation sites is 1. The third-order valence-corrected chi connectivity index (χ3v) is 5.27. The number of hydrogen-bond donors (Lipinski definition) is 1. The van der Waals surface area contributed by atoms with Crippen molar-refractivity contribution in [3.63, 3.8) is 0 Å². The van der Waals surface area contributed by atoms with Crippen LogP contribution in [-0.2, 0) is 11.3 Å². The molecule has 4 nitrogen and oxygen atoms in total. The molecule has 0 saturated heterocycles. The summed E-state index contributed by atoms with van der Waals surface area (Å²) in [5, 5.41) is 3.00. The summed E-state index contributed by atoms with van der Waals surface area (Å²) < 4.78 is 1.12. The van der Waals surface area contributed by atoms with Gasteiger partial charge in [-0.15, -0.1) is 11.3 Å². The Labute approximate surface area is 156 Å². The fourth-order valence-corrected chi connectivity index (χ4v) is 3.98. The van der Waals surface area contributed by atoms with Crippen molar-refractivity contribution in [3.8, 4) is 0 Å². The van der Waals surface area contributed by atoms with Crippen molar-refractivity contribution >= 4 is 38.9 Å². The molecule has 1 aromatic heterocycles. The number of hydrogen-bond acceptors (Lipinski definition) is 4. The van der Waals surface area contributed by atoms with E-state index in [0.717, 1.165) is 23.3 Å². The van der Waals surface area contributed by atoms with E-state index in [1.165, 1.54) is 10.6 Å². The Balaban J connectivity index is 1.61. The minimum absolute atomic E-state index is 0.0792. The SMILES string of the molecule is CN(CC(=O)NCCCN(C)c1ccccc1)Cc1ccc(Br)s1. The van der Waals surface area contributed by atoms with Crippen LogP contribution < -0.4 is 10.2 Å². The van der Waals surface area contributed by atoms with Crippen LogP contribution in [0.15, 0.2) is 46.3 Å². The summed E-state index contributed by atoms with van der Waals surface area (Å²) >= 11 is 5.16. The molecule has 0 aliphatic heterocycles. The van der Waals surface area contributed by atoms with Gasteiger partial charge in [0.25, 0.3) is 0 Å². The highest BCUT2D eigenvalue weighted by molar-refractivity contribution is 9.11. The van der Waals surface area contributed by atoms with E-state index in [4.69, 9.17) is 0 Å². The van der Waals surface area contributed by atoms with E-state index in [1.807, 2.05) is 36.2 Å². The highest BCUT2D eigenvalue weighted by Gasteiger charge is 2.08. The fourth-order valence-electron chi connectivity index (χ4n) is 2.42. The number of anilines is 1. The van der Waals surface area contributed by atoms with Crippen LogP contribution in [0.25, 0.3) is 0 Å². The Hall–Kier alpha value is -1.37. The average molecular weight is 410 g/mol. The Bertz CT molecular complexity index is 632. The molecule has 1 heterocycles. The van der Waals surface area contributed by atoms with Gasteiger partial charge in [-0.3, -0.25) is 9.69 Å². The summed E-state index contributed by atoms with van der Waals surface area (Å²) in [6, 6.07) is 14.4. The minimum atomic E-state index is 0.0792. The van der Waals surface area contributed by atoms with Crippen LogP contribution in [0, 0.1) is 0 Å². The van der Waals surface area contributed by atoms with Gasteiger partial charge in [0, 0.05) is 37.2 Å². The van der Waals surface area contributed by atoms with Crippen molar-refractivity contribution in [2.75, 3.05) is 38.6 Å². The van der Waals surface area contributed by atoms with E-state index in [9.17, 15) is 4.79 Å². The predicted molar refractivity (Wildman–Crippen MR) is 106 cm³/mol. The number of carbonyl (C=O) groups is 1. The molecule has 0 fully saturated rings. The molecule has 0 unspecified atom stereocenters. The Kier molecular flexibility index (Phi) is 7.75. The maximum Gasteiger partial charge on any atom is 0.234 e. The van der Waals surface area contributed by atoms with E-state index in [1.54, 1.807) is 11.3 Å². The molecule has 1 aromatic carbocycles. The summed E-state index contributed by atoms with van der Waals surface area (Å²) in [6.45, 7) is 2.84. The topological polar surface area (TPSA) is 35.6 Å². The van der Waals surface area contributed by atoms with Crippen LogP contribution in [0.2, 0.25) is 0 Å². The van der Waals surface area contributed by atoms with Gasteiger partial charge in [-0.2, -0.15) is 0 Å². The molecule has 0 spiro atoms. The first-order chi connectivity index (χ1) is 11.5. The number of likely N-dealkylation sites (N-methyl/N-ethyl adjacent to an activating group) is 1. The summed E-state index contributed by atoms with van der Waals surface area (Å²) in [7, 11) is 4.04. The second kappa shape index (κ2) is 9.81. The molecule has 2 aromatic rings.